The molecule has 0 fully saturated rings. The number of ether oxygens (including phenoxy) is 1. The summed E-state index contributed by atoms with van der Waals surface area (Å²) in [5.41, 5.74) is 0.830. The summed E-state index contributed by atoms with van der Waals surface area (Å²) >= 11 is 1.25. The Balaban J connectivity index is 1.49. The lowest BCUT2D eigenvalue weighted by Crippen LogP contribution is -2.42. The van der Waals surface area contributed by atoms with Crippen LogP contribution >= 0.6 is 11.3 Å². The fourth-order valence-corrected chi connectivity index (χ4v) is 3.98. The van der Waals surface area contributed by atoms with E-state index in [1.54, 1.807) is 6.07 Å². The monoisotopic (exact) mass is 407 g/mol. The lowest BCUT2D eigenvalue weighted by Gasteiger charge is -2.33. The molecule has 0 bridgehead atoms. The van der Waals surface area contributed by atoms with E-state index in [0.29, 0.717) is 11.5 Å². The first-order valence-corrected chi connectivity index (χ1v) is 9.49. The van der Waals surface area contributed by atoms with Crippen LogP contribution in [0, 0.1) is 0 Å². The van der Waals surface area contributed by atoms with Gasteiger partial charge in [-0.15, -0.1) is 11.3 Å². The average Bonchev–Trinajstić information content (AvgIpc) is 3.34. The fourth-order valence-electron chi connectivity index (χ4n) is 3.14. The highest BCUT2D eigenvalue weighted by Gasteiger charge is 2.45. The van der Waals surface area contributed by atoms with Crippen molar-refractivity contribution in [1.82, 2.24) is 9.78 Å². The number of fused-ring (bicyclic) bond motifs is 1. The number of nitrogens with zero attached hydrogens (tertiary/aromatic N) is 3. The average molecular weight is 407 g/mol. The Morgan fingerprint density at radius 3 is 2.79 bits per heavy atom. The molecule has 3 heterocycles. The third-order valence-electron chi connectivity index (χ3n) is 4.48. The van der Waals surface area contributed by atoms with Crippen molar-refractivity contribution in [3.05, 3.63) is 64.5 Å². The van der Waals surface area contributed by atoms with Crippen LogP contribution in [0.2, 0.25) is 0 Å². The fraction of sp³-hybridized carbons (Fsp3) is 0.263. The summed E-state index contributed by atoms with van der Waals surface area (Å²) in [6.07, 6.45) is -3.34. The summed E-state index contributed by atoms with van der Waals surface area (Å²) in [5, 5.41) is 5.60. The zero-order valence-corrected chi connectivity index (χ0v) is 15.4. The molecule has 1 aromatic carbocycles. The zero-order chi connectivity index (χ0) is 19.7. The van der Waals surface area contributed by atoms with Gasteiger partial charge in [-0.05, 0) is 30.0 Å². The summed E-state index contributed by atoms with van der Waals surface area (Å²) in [6.45, 7) is 0.296. The van der Waals surface area contributed by atoms with E-state index in [-0.39, 0.29) is 24.7 Å². The molecule has 1 aliphatic rings. The van der Waals surface area contributed by atoms with E-state index in [0.717, 1.165) is 16.0 Å². The normalized spacial score (nSPS) is 16.7. The first kappa shape index (κ1) is 18.5. The van der Waals surface area contributed by atoms with Crippen LogP contribution in [0.3, 0.4) is 0 Å². The van der Waals surface area contributed by atoms with Crippen molar-refractivity contribution < 1.29 is 22.7 Å². The Hall–Kier alpha value is -2.81. The number of para-hydroxylation sites is 1. The number of rotatable bonds is 4. The number of carbonyl (C=O) groups is 1. The lowest BCUT2D eigenvalue weighted by atomic mass is 10.1. The molecule has 9 heteroatoms. The van der Waals surface area contributed by atoms with Gasteiger partial charge in [0.15, 0.2) is 6.04 Å². The van der Waals surface area contributed by atoms with Crippen LogP contribution in [-0.2, 0) is 6.61 Å². The largest absolute Gasteiger partial charge is 0.489 e. The highest BCUT2D eigenvalue weighted by molar-refractivity contribution is 7.12. The van der Waals surface area contributed by atoms with Crippen LogP contribution in [0.5, 0.6) is 5.75 Å². The van der Waals surface area contributed by atoms with E-state index in [2.05, 4.69) is 5.10 Å². The van der Waals surface area contributed by atoms with Gasteiger partial charge in [0.1, 0.15) is 18.2 Å². The summed E-state index contributed by atoms with van der Waals surface area (Å²) in [6, 6.07) is 10.7. The number of thiophene rings is 1. The number of halogens is 3. The minimum absolute atomic E-state index is 0.0115. The van der Waals surface area contributed by atoms with Crippen LogP contribution in [0.4, 0.5) is 19.0 Å². The maximum atomic E-state index is 13.2. The molecule has 0 spiro atoms. The number of aromatic nitrogens is 2. The SMILES string of the molecule is O=C(c1cc(COc2ccccc2)cs1)N1CCC(C(F)(F)F)n2nccc21. The number of hydrogen-bond acceptors (Lipinski definition) is 4. The smallest absolute Gasteiger partial charge is 0.410 e. The third kappa shape index (κ3) is 3.62. The molecule has 3 aromatic rings. The maximum Gasteiger partial charge on any atom is 0.410 e. The predicted octanol–water partition coefficient (Wildman–Crippen LogP) is 4.68. The van der Waals surface area contributed by atoms with Crippen LogP contribution in [-0.4, -0.2) is 28.4 Å². The van der Waals surface area contributed by atoms with Gasteiger partial charge in [0.25, 0.3) is 5.91 Å². The topological polar surface area (TPSA) is 47.4 Å². The summed E-state index contributed by atoms with van der Waals surface area (Å²) in [4.78, 5) is 14.7. The molecule has 1 aliphatic heterocycles. The second kappa shape index (κ2) is 7.31. The molecule has 0 saturated carbocycles. The van der Waals surface area contributed by atoms with E-state index in [1.165, 1.54) is 28.5 Å². The van der Waals surface area contributed by atoms with Gasteiger partial charge in [-0.3, -0.25) is 9.69 Å². The first-order valence-electron chi connectivity index (χ1n) is 8.61. The predicted molar refractivity (Wildman–Crippen MR) is 98.7 cm³/mol. The number of carbonyl (C=O) groups excluding carboxylic acids is 1. The molecule has 0 aliphatic carbocycles. The van der Waals surface area contributed by atoms with Crippen LogP contribution in [0.25, 0.3) is 0 Å². The van der Waals surface area contributed by atoms with Gasteiger partial charge in [0.05, 0.1) is 11.1 Å². The Kier molecular flexibility index (Phi) is 4.84. The van der Waals surface area contributed by atoms with Crippen molar-refractivity contribution in [1.29, 1.82) is 0 Å². The Morgan fingerprint density at radius 2 is 2.04 bits per heavy atom. The van der Waals surface area contributed by atoms with E-state index < -0.39 is 12.2 Å². The zero-order valence-electron chi connectivity index (χ0n) is 14.6. The van der Waals surface area contributed by atoms with Crippen molar-refractivity contribution in [2.75, 3.05) is 11.4 Å². The molecule has 1 unspecified atom stereocenters. The Morgan fingerprint density at radius 1 is 1.25 bits per heavy atom. The van der Waals surface area contributed by atoms with Gasteiger partial charge >= 0.3 is 6.18 Å². The molecular formula is C19H16F3N3O2S. The van der Waals surface area contributed by atoms with E-state index in [9.17, 15) is 18.0 Å². The van der Waals surface area contributed by atoms with Crippen molar-refractivity contribution in [2.45, 2.75) is 25.2 Å². The minimum Gasteiger partial charge on any atom is -0.489 e. The molecule has 0 saturated heterocycles. The first-order chi connectivity index (χ1) is 13.4. The van der Waals surface area contributed by atoms with E-state index in [4.69, 9.17) is 4.74 Å². The molecule has 4 rings (SSSR count). The van der Waals surface area contributed by atoms with Gasteiger partial charge in [0.2, 0.25) is 0 Å². The number of amides is 1. The van der Waals surface area contributed by atoms with Gasteiger partial charge in [-0.2, -0.15) is 18.3 Å². The number of anilines is 1. The molecular weight excluding hydrogens is 391 g/mol. The Labute approximate surface area is 163 Å². The quantitative estimate of drug-likeness (QED) is 0.631. The summed E-state index contributed by atoms with van der Waals surface area (Å²) in [7, 11) is 0. The van der Waals surface area contributed by atoms with Crippen LogP contribution < -0.4 is 9.64 Å². The molecule has 2 aromatic heterocycles. The van der Waals surface area contributed by atoms with Crippen LogP contribution in [0.1, 0.15) is 27.7 Å². The van der Waals surface area contributed by atoms with E-state index in [1.807, 2.05) is 35.7 Å². The molecule has 146 valence electrons. The van der Waals surface area contributed by atoms with Gasteiger partial charge < -0.3 is 4.74 Å². The second-order valence-electron chi connectivity index (χ2n) is 6.36. The standard InChI is InChI=1S/C19H16F3N3O2S/c20-19(21,22)16-7-9-24(17-6-8-23-25(16)17)18(26)15-10-13(12-28-15)11-27-14-4-2-1-3-5-14/h1-6,8,10,12,16H,7,9,11H2. The second-order valence-corrected chi connectivity index (χ2v) is 7.27. The molecule has 0 radical (unpaired) electrons. The Bertz CT molecular complexity index is 968. The number of benzene rings is 1. The van der Waals surface area contributed by atoms with Crippen molar-refractivity contribution in [3.63, 3.8) is 0 Å². The third-order valence-corrected chi connectivity index (χ3v) is 5.45. The summed E-state index contributed by atoms with van der Waals surface area (Å²) in [5.74, 6) is 0.548. The van der Waals surface area contributed by atoms with Gasteiger partial charge in [-0.25, -0.2) is 4.68 Å². The molecule has 28 heavy (non-hydrogen) atoms. The van der Waals surface area contributed by atoms with Crippen molar-refractivity contribution >= 4 is 23.1 Å². The number of hydrogen-bond donors (Lipinski definition) is 0. The molecule has 1 atom stereocenters. The van der Waals surface area contributed by atoms with Gasteiger partial charge in [-0.1, -0.05) is 18.2 Å². The summed E-state index contributed by atoms with van der Waals surface area (Å²) < 4.78 is 46.2. The van der Waals surface area contributed by atoms with Crippen molar-refractivity contribution in [3.8, 4) is 5.75 Å². The molecule has 5 nitrogen and oxygen atoms in total. The number of alkyl halides is 3. The lowest BCUT2D eigenvalue weighted by molar-refractivity contribution is -0.172. The highest BCUT2D eigenvalue weighted by Crippen LogP contribution is 2.39. The molecule has 1 amide bonds. The highest BCUT2D eigenvalue weighted by atomic mass is 32.1. The van der Waals surface area contributed by atoms with Crippen molar-refractivity contribution in [2.24, 2.45) is 0 Å². The van der Waals surface area contributed by atoms with Crippen LogP contribution in [0.15, 0.2) is 54.0 Å². The van der Waals surface area contributed by atoms with Gasteiger partial charge in [0, 0.05) is 18.2 Å². The minimum atomic E-state index is -4.40. The van der Waals surface area contributed by atoms with E-state index >= 15 is 0 Å². The maximum absolute atomic E-state index is 13.2. The molecule has 0 N–H and O–H groups in total.